The Morgan fingerprint density at radius 2 is 1.85 bits per heavy atom. The van der Waals surface area contributed by atoms with Gasteiger partial charge in [0.05, 0.1) is 12.2 Å². The monoisotopic (exact) mass is 282 g/mol. The molecule has 1 rings (SSSR count). The number of nitrogens with zero attached hydrogens (tertiary/aromatic N) is 2. The average Bonchev–Trinajstić information content (AvgIpc) is 2.37. The number of nitrogen functional groups attached to an aromatic ring is 1. The van der Waals surface area contributed by atoms with E-state index in [2.05, 4.69) is 15.4 Å². The van der Waals surface area contributed by atoms with E-state index >= 15 is 0 Å². The van der Waals surface area contributed by atoms with E-state index in [4.69, 9.17) is 15.3 Å². The highest BCUT2D eigenvalue weighted by Crippen LogP contribution is 2.23. The van der Waals surface area contributed by atoms with Crippen LogP contribution in [0, 0.1) is 0 Å². The molecule has 20 heavy (non-hydrogen) atoms. The van der Waals surface area contributed by atoms with Crippen molar-refractivity contribution in [2.45, 2.75) is 52.1 Å². The molecule has 6 heteroatoms. The van der Waals surface area contributed by atoms with E-state index in [0.717, 1.165) is 6.42 Å². The second-order valence-electron chi connectivity index (χ2n) is 6.37. The van der Waals surface area contributed by atoms with Crippen LogP contribution in [0.25, 0.3) is 0 Å². The Hall–Kier alpha value is -1.40. The van der Waals surface area contributed by atoms with Crippen molar-refractivity contribution in [3.8, 4) is 5.88 Å². The van der Waals surface area contributed by atoms with E-state index in [1.165, 1.54) is 0 Å². The van der Waals surface area contributed by atoms with Crippen molar-refractivity contribution in [3.05, 3.63) is 11.9 Å². The maximum Gasteiger partial charge on any atom is 0.218 e. The number of anilines is 1. The van der Waals surface area contributed by atoms with E-state index in [1.807, 2.05) is 34.6 Å². The molecule has 0 fully saturated rings. The Morgan fingerprint density at radius 3 is 2.35 bits per heavy atom. The summed E-state index contributed by atoms with van der Waals surface area (Å²) in [6.07, 6.45) is 0.768. The fraction of sp³-hybridized carbons (Fsp3) is 0.714. The van der Waals surface area contributed by atoms with Crippen LogP contribution < -0.4 is 16.0 Å². The summed E-state index contributed by atoms with van der Waals surface area (Å²) in [5.74, 6) is 7.19. The Balaban J connectivity index is 2.80. The Bertz CT molecular complexity index is 441. The fourth-order valence-corrected chi connectivity index (χ4v) is 1.41. The van der Waals surface area contributed by atoms with Crippen molar-refractivity contribution in [1.29, 1.82) is 0 Å². The number of aromatic nitrogens is 2. The SMILES string of the molecule is COC(C)(C)CCOc1cc(NN)nc(C(C)(C)C)n1. The molecule has 114 valence electrons. The molecular formula is C14H26N4O2. The van der Waals surface area contributed by atoms with Gasteiger partial charge in [-0.15, -0.1) is 0 Å². The molecular weight excluding hydrogens is 256 g/mol. The third-order valence-corrected chi connectivity index (χ3v) is 3.03. The topological polar surface area (TPSA) is 82.3 Å². The number of rotatable bonds is 6. The highest BCUT2D eigenvalue weighted by molar-refractivity contribution is 5.37. The number of nitrogens with two attached hydrogens (primary N) is 1. The number of methoxy groups -OCH3 is 1. The van der Waals surface area contributed by atoms with Crippen molar-refractivity contribution in [2.24, 2.45) is 5.84 Å². The molecule has 3 N–H and O–H groups in total. The zero-order chi connectivity index (χ0) is 15.4. The van der Waals surface area contributed by atoms with Crippen LogP contribution in [0.15, 0.2) is 6.07 Å². The minimum atomic E-state index is -0.213. The summed E-state index contributed by atoms with van der Waals surface area (Å²) in [6, 6.07) is 1.69. The van der Waals surface area contributed by atoms with Crippen LogP contribution >= 0.6 is 0 Å². The molecule has 0 spiro atoms. The third-order valence-electron chi connectivity index (χ3n) is 3.03. The summed E-state index contributed by atoms with van der Waals surface area (Å²) in [7, 11) is 1.69. The van der Waals surface area contributed by atoms with Gasteiger partial charge in [-0.1, -0.05) is 20.8 Å². The first-order valence-electron chi connectivity index (χ1n) is 6.72. The van der Waals surface area contributed by atoms with Gasteiger partial charge in [0.25, 0.3) is 0 Å². The zero-order valence-corrected chi connectivity index (χ0v) is 13.3. The third kappa shape index (κ3) is 4.94. The summed E-state index contributed by atoms with van der Waals surface area (Å²) < 4.78 is 11.0. The Morgan fingerprint density at radius 1 is 1.20 bits per heavy atom. The number of hydrazine groups is 1. The smallest absolute Gasteiger partial charge is 0.218 e. The Kier molecular flexibility index (Phi) is 5.30. The highest BCUT2D eigenvalue weighted by atomic mass is 16.5. The summed E-state index contributed by atoms with van der Waals surface area (Å²) in [5, 5.41) is 0. The minimum Gasteiger partial charge on any atom is -0.477 e. The second-order valence-corrected chi connectivity index (χ2v) is 6.37. The van der Waals surface area contributed by atoms with Gasteiger partial charge in [-0.2, -0.15) is 4.98 Å². The summed E-state index contributed by atoms with van der Waals surface area (Å²) in [5.41, 5.74) is 2.16. The number of hydrogen-bond acceptors (Lipinski definition) is 6. The molecule has 0 saturated carbocycles. The fourth-order valence-electron chi connectivity index (χ4n) is 1.41. The summed E-state index contributed by atoms with van der Waals surface area (Å²) in [4.78, 5) is 8.77. The van der Waals surface area contributed by atoms with Crippen molar-refractivity contribution in [1.82, 2.24) is 9.97 Å². The van der Waals surface area contributed by atoms with Gasteiger partial charge in [0, 0.05) is 25.0 Å². The van der Waals surface area contributed by atoms with Crippen molar-refractivity contribution < 1.29 is 9.47 Å². The van der Waals surface area contributed by atoms with Gasteiger partial charge in [-0.3, -0.25) is 0 Å². The molecule has 0 atom stereocenters. The minimum absolute atomic E-state index is 0.170. The van der Waals surface area contributed by atoms with E-state index in [-0.39, 0.29) is 11.0 Å². The van der Waals surface area contributed by atoms with E-state index < -0.39 is 0 Å². The van der Waals surface area contributed by atoms with Crippen LogP contribution in [0.3, 0.4) is 0 Å². The Labute approximate surface area is 121 Å². The lowest BCUT2D eigenvalue weighted by molar-refractivity contribution is 0.00505. The molecule has 0 aromatic carbocycles. The van der Waals surface area contributed by atoms with Crippen LogP contribution in [0.1, 0.15) is 46.9 Å². The zero-order valence-electron chi connectivity index (χ0n) is 13.3. The first-order valence-corrected chi connectivity index (χ1v) is 6.72. The van der Waals surface area contributed by atoms with Gasteiger partial charge in [0.2, 0.25) is 5.88 Å². The maximum absolute atomic E-state index is 5.70. The predicted octanol–water partition coefficient (Wildman–Crippen LogP) is 2.25. The molecule has 0 radical (unpaired) electrons. The van der Waals surface area contributed by atoms with Gasteiger partial charge in [-0.05, 0) is 13.8 Å². The lowest BCUT2D eigenvalue weighted by Crippen LogP contribution is -2.25. The van der Waals surface area contributed by atoms with Crippen LogP contribution in [0.4, 0.5) is 5.82 Å². The largest absolute Gasteiger partial charge is 0.477 e. The van der Waals surface area contributed by atoms with Gasteiger partial charge in [0.1, 0.15) is 11.6 Å². The molecule has 6 nitrogen and oxygen atoms in total. The van der Waals surface area contributed by atoms with Crippen molar-refractivity contribution in [3.63, 3.8) is 0 Å². The van der Waals surface area contributed by atoms with E-state index in [1.54, 1.807) is 13.2 Å². The quantitative estimate of drug-likeness (QED) is 0.615. The molecule has 1 aromatic rings. The molecule has 1 heterocycles. The lowest BCUT2D eigenvalue weighted by atomic mass is 9.96. The molecule has 0 aliphatic rings. The first-order chi connectivity index (χ1) is 9.18. The number of hydrogen-bond donors (Lipinski definition) is 2. The van der Waals surface area contributed by atoms with Gasteiger partial charge in [-0.25, -0.2) is 10.8 Å². The molecule has 1 aromatic heterocycles. The van der Waals surface area contributed by atoms with Gasteiger partial charge < -0.3 is 14.9 Å². The van der Waals surface area contributed by atoms with Crippen LogP contribution in [-0.2, 0) is 10.2 Å². The average molecular weight is 282 g/mol. The normalized spacial score (nSPS) is 12.3. The first kappa shape index (κ1) is 16.7. The van der Waals surface area contributed by atoms with E-state index in [0.29, 0.717) is 24.1 Å². The maximum atomic E-state index is 5.70. The number of ether oxygens (including phenoxy) is 2. The van der Waals surface area contributed by atoms with Crippen molar-refractivity contribution in [2.75, 3.05) is 19.1 Å². The second kappa shape index (κ2) is 6.37. The lowest BCUT2D eigenvalue weighted by Gasteiger charge is -2.23. The molecule has 0 aliphatic carbocycles. The summed E-state index contributed by atoms with van der Waals surface area (Å²) in [6.45, 7) is 10.7. The molecule has 0 unspecified atom stereocenters. The molecule has 0 amide bonds. The van der Waals surface area contributed by atoms with Crippen molar-refractivity contribution >= 4 is 5.82 Å². The van der Waals surface area contributed by atoms with Crippen LogP contribution in [-0.4, -0.2) is 29.3 Å². The van der Waals surface area contributed by atoms with E-state index in [9.17, 15) is 0 Å². The molecule has 0 saturated heterocycles. The molecule has 0 aliphatic heterocycles. The summed E-state index contributed by atoms with van der Waals surface area (Å²) >= 11 is 0. The number of nitrogens with one attached hydrogen (secondary N) is 1. The molecule has 0 bridgehead atoms. The van der Waals surface area contributed by atoms with Gasteiger partial charge >= 0.3 is 0 Å². The van der Waals surface area contributed by atoms with Crippen LogP contribution in [0.5, 0.6) is 5.88 Å². The predicted molar refractivity (Wildman–Crippen MR) is 79.7 cm³/mol. The highest BCUT2D eigenvalue weighted by Gasteiger charge is 2.20. The standard InChI is InChI=1S/C14H26N4O2/c1-13(2,3)12-16-10(18-15)9-11(17-12)20-8-7-14(4,5)19-6/h9H,7-8,15H2,1-6H3,(H,16,17,18). The van der Waals surface area contributed by atoms with Gasteiger partial charge in [0.15, 0.2) is 0 Å². The van der Waals surface area contributed by atoms with Crippen LogP contribution in [0.2, 0.25) is 0 Å².